The number of carbonyl (C=O) groups excluding carboxylic acids is 1. The summed E-state index contributed by atoms with van der Waals surface area (Å²) in [5.74, 6) is 0.765. The van der Waals surface area contributed by atoms with Crippen molar-refractivity contribution in [3.05, 3.63) is 84.1 Å². The van der Waals surface area contributed by atoms with E-state index in [1.54, 1.807) is 42.0 Å². The lowest BCUT2D eigenvalue weighted by molar-refractivity contribution is 0.102. The van der Waals surface area contributed by atoms with Crippen LogP contribution in [0.1, 0.15) is 10.4 Å². The van der Waals surface area contributed by atoms with Gasteiger partial charge in [-0.1, -0.05) is 42.1 Å². The summed E-state index contributed by atoms with van der Waals surface area (Å²) in [5.41, 5.74) is 2.86. The van der Waals surface area contributed by atoms with Gasteiger partial charge < -0.3 is 5.32 Å². The van der Waals surface area contributed by atoms with Crippen molar-refractivity contribution in [2.24, 2.45) is 0 Å². The minimum absolute atomic E-state index is 0.00120. The topological polar surface area (TPSA) is 114 Å². The van der Waals surface area contributed by atoms with Crippen molar-refractivity contribution >= 4 is 55.4 Å². The van der Waals surface area contributed by atoms with Gasteiger partial charge in [-0.3, -0.25) is 14.5 Å². The van der Waals surface area contributed by atoms with Gasteiger partial charge in [0.05, 0.1) is 22.4 Å². The molecule has 0 aliphatic carbocycles. The minimum Gasteiger partial charge on any atom is -0.340 e. The first-order chi connectivity index (χ1) is 15.5. The van der Waals surface area contributed by atoms with Crippen molar-refractivity contribution < 1.29 is 13.2 Å². The molecule has 162 valence electrons. The largest absolute Gasteiger partial charge is 0.340 e. The lowest BCUT2D eigenvalue weighted by Gasteiger charge is -2.09. The Morgan fingerprint density at radius 2 is 1.81 bits per heavy atom. The Bertz CT molecular complexity index is 1300. The Balaban J connectivity index is 1.38. The number of aromatic nitrogens is 3. The van der Waals surface area contributed by atoms with Gasteiger partial charge in [-0.25, -0.2) is 18.4 Å². The molecular formula is C21H17N5O3S3. The Morgan fingerprint density at radius 3 is 2.53 bits per heavy atom. The van der Waals surface area contributed by atoms with Gasteiger partial charge in [0.15, 0.2) is 10.9 Å². The summed E-state index contributed by atoms with van der Waals surface area (Å²) in [6.45, 7) is 0. The van der Waals surface area contributed by atoms with E-state index in [9.17, 15) is 13.2 Å². The highest BCUT2D eigenvalue weighted by atomic mass is 32.2. The van der Waals surface area contributed by atoms with Gasteiger partial charge in [-0.15, -0.1) is 11.3 Å². The van der Waals surface area contributed by atoms with Gasteiger partial charge in [0.25, 0.3) is 10.0 Å². The molecular weight excluding hydrogens is 466 g/mol. The molecule has 0 radical (unpaired) electrons. The average Bonchev–Trinajstić information content (AvgIpc) is 3.31. The maximum atomic E-state index is 12.4. The van der Waals surface area contributed by atoms with Crippen LogP contribution < -0.4 is 10.0 Å². The second-order valence-electron chi connectivity index (χ2n) is 6.42. The molecule has 4 aromatic rings. The SMILES string of the molecule is O=C(CSc1nccc(Nc2ccc(S(=O)(=O)Nc3cncs3)cc2)n1)c1ccccc1. The number of hydrogen-bond acceptors (Lipinski definition) is 9. The molecule has 32 heavy (non-hydrogen) atoms. The van der Waals surface area contributed by atoms with Crippen LogP contribution in [0.5, 0.6) is 0 Å². The molecule has 0 spiro atoms. The van der Waals surface area contributed by atoms with Crippen molar-refractivity contribution in [1.82, 2.24) is 15.0 Å². The van der Waals surface area contributed by atoms with E-state index >= 15 is 0 Å². The van der Waals surface area contributed by atoms with E-state index in [1.165, 1.54) is 41.4 Å². The normalized spacial score (nSPS) is 11.1. The fourth-order valence-electron chi connectivity index (χ4n) is 2.64. The first-order valence-electron chi connectivity index (χ1n) is 9.32. The zero-order valence-corrected chi connectivity index (χ0v) is 19.0. The first kappa shape index (κ1) is 21.9. The molecule has 4 rings (SSSR count). The van der Waals surface area contributed by atoms with Crippen LogP contribution in [0.3, 0.4) is 0 Å². The third-order valence-electron chi connectivity index (χ3n) is 4.17. The molecule has 0 fully saturated rings. The van der Waals surface area contributed by atoms with Crippen LogP contribution in [0, 0.1) is 0 Å². The molecule has 0 aliphatic rings. The van der Waals surface area contributed by atoms with Crippen LogP contribution in [0.15, 0.2) is 88.6 Å². The quantitative estimate of drug-likeness (QED) is 0.204. The molecule has 0 saturated heterocycles. The molecule has 0 bridgehead atoms. The summed E-state index contributed by atoms with van der Waals surface area (Å²) in [5, 5.41) is 4.03. The van der Waals surface area contributed by atoms with Gasteiger partial charge >= 0.3 is 0 Å². The molecule has 0 unspecified atom stereocenters. The molecule has 0 aliphatic heterocycles. The lowest BCUT2D eigenvalue weighted by atomic mass is 10.2. The first-order valence-corrected chi connectivity index (χ1v) is 12.7. The Kier molecular flexibility index (Phi) is 6.78. The molecule has 0 saturated carbocycles. The number of anilines is 3. The highest BCUT2D eigenvalue weighted by Crippen LogP contribution is 2.23. The second kappa shape index (κ2) is 9.90. The van der Waals surface area contributed by atoms with Crippen molar-refractivity contribution in [1.29, 1.82) is 0 Å². The second-order valence-corrected chi connectivity index (χ2v) is 9.93. The third kappa shape index (κ3) is 5.69. The van der Waals surface area contributed by atoms with E-state index in [0.717, 1.165) is 0 Å². The zero-order chi connectivity index (χ0) is 22.4. The number of Topliss-reactive ketones (excluding diaryl/α,β-unsaturated/α-hetero) is 1. The van der Waals surface area contributed by atoms with E-state index in [4.69, 9.17) is 0 Å². The highest BCUT2D eigenvalue weighted by Gasteiger charge is 2.15. The van der Waals surface area contributed by atoms with Gasteiger partial charge in [-0.05, 0) is 30.3 Å². The molecule has 2 aromatic carbocycles. The van der Waals surface area contributed by atoms with Crippen molar-refractivity contribution in [2.75, 3.05) is 15.8 Å². The summed E-state index contributed by atoms with van der Waals surface area (Å²) in [4.78, 5) is 24.9. The molecule has 0 amide bonds. The van der Waals surface area contributed by atoms with Crippen molar-refractivity contribution in [3.8, 4) is 0 Å². The maximum Gasteiger partial charge on any atom is 0.262 e. The summed E-state index contributed by atoms with van der Waals surface area (Å²) in [7, 11) is -3.69. The summed E-state index contributed by atoms with van der Waals surface area (Å²) in [6.07, 6.45) is 3.05. The number of ketones is 1. The number of thiazole rings is 1. The number of benzene rings is 2. The predicted molar refractivity (Wildman–Crippen MR) is 126 cm³/mol. The number of nitrogens with zero attached hydrogens (tertiary/aromatic N) is 3. The highest BCUT2D eigenvalue weighted by molar-refractivity contribution is 7.99. The third-order valence-corrected chi connectivity index (χ3v) is 7.23. The van der Waals surface area contributed by atoms with E-state index < -0.39 is 10.0 Å². The van der Waals surface area contributed by atoms with Crippen LogP contribution in [-0.4, -0.2) is 34.9 Å². The van der Waals surface area contributed by atoms with E-state index in [-0.39, 0.29) is 16.4 Å². The van der Waals surface area contributed by atoms with E-state index in [2.05, 4.69) is 25.0 Å². The van der Waals surface area contributed by atoms with Crippen molar-refractivity contribution in [2.45, 2.75) is 10.1 Å². The smallest absolute Gasteiger partial charge is 0.262 e. The summed E-state index contributed by atoms with van der Waals surface area (Å²) in [6, 6.07) is 17.1. The average molecular weight is 484 g/mol. The number of carbonyl (C=O) groups is 1. The van der Waals surface area contributed by atoms with Crippen LogP contribution in [0.25, 0.3) is 0 Å². The van der Waals surface area contributed by atoms with E-state index in [1.807, 2.05) is 18.2 Å². The Morgan fingerprint density at radius 1 is 1.03 bits per heavy atom. The van der Waals surface area contributed by atoms with Crippen LogP contribution in [0.2, 0.25) is 0 Å². The molecule has 8 nitrogen and oxygen atoms in total. The number of nitrogens with one attached hydrogen (secondary N) is 2. The molecule has 2 heterocycles. The summed E-state index contributed by atoms with van der Waals surface area (Å²) >= 11 is 2.46. The number of hydrogen-bond donors (Lipinski definition) is 2. The monoisotopic (exact) mass is 483 g/mol. The number of sulfonamides is 1. The zero-order valence-electron chi connectivity index (χ0n) is 16.5. The Hall–Kier alpha value is -3.28. The van der Waals surface area contributed by atoms with Gasteiger partial charge in [-0.2, -0.15) is 0 Å². The fourth-order valence-corrected chi connectivity index (χ4v) is 5.17. The maximum absolute atomic E-state index is 12.4. The number of rotatable bonds is 9. The fraction of sp³-hybridized carbons (Fsp3) is 0.0476. The minimum atomic E-state index is -3.69. The molecule has 11 heteroatoms. The molecule has 0 atom stereocenters. The van der Waals surface area contributed by atoms with Crippen LogP contribution in [0.4, 0.5) is 16.5 Å². The van der Waals surface area contributed by atoms with Crippen LogP contribution >= 0.6 is 23.1 Å². The summed E-state index contributed by atoms with van der Waals surface area (Å²) < 4.78 is 27.4. The van der Waals surface area contributed by atoms with Crippen molar-refractivity contribution in [3.63, 3.8) is 0 Å². The van der Waals surface area contributed by atoms with Gasteiger partial charge in [0.2, 0.25) is 0 Å². The standard InChI is InChI=1S/C21H17N5O3S3/c27-18(15-4-2-1-3-5-15)13-30-21-23-11-10-19(25-21)24-16-6-8-17(9-7-16)32(28,29)26-20-12-22-14-31-20/h1-12,14,26H,13H2,(H,23,24,25). The predicted octanol–water partition coefficient (Wildman–Crippen LogP) is 4.45. The molecule has 2 N–H and O–H groups in total. The lowest BCUT2D eigenvalue weighted by Crippen LogP contribution is -2.12. The number of thioether (sulfide) groups is 1. The Labute approximate surface area is 193 Å². The molecule has 2 aromatic heterocycles. The van der Waals surface area contributed by atoms with Gasteiger partial charge in [0.1, 0.15) is 10.8 Å². The van der Waals surface area contributed by atoms with Gasteiger partial charge in [0, 0.05) is 17.4 Å². The van der Waals surface area contributed by atoms with E-state index in [0.29, 0.717) is 27.2 Å². The van der Waals surface area contributed by atoms with Crippen LogP contribution in [-0.2, 0) is 10.0 Å².